The minimum Gasteiger partial charge on any atom is -0.463 e. The van der Waals surface area contributed by atoms with E-state index < -0.39 is 35.9 Å². The molecule has 7 nitrogen and oxygen atoms in total. The van der Waals surface area contributed by atoms with Crippen LogP contribution < -0.4 is 0 Å². The van der Waals surface area contributed by atoms with Crippen molar-refractivity contribution in [2.75, 3.05) is 13.2 Å². The molecule has 0 aromatic heterocycles. The Bertz CT molecular complexity index is 415. The molecular formula is C13H18O7. The normalized spacial score (nSPS) is 11.0. The molecule has 0 atom stereocenters. The first-order valence-electron chi connectivity index (χ1n) is 5.93. The summed E-state index contributed by atoms with van der Waals surface area (Å²) in [7, 11) is 0. The van der Waals surface area contributed by atoms with Gasteiger partial charge in [-0.15, -0.1) is 0 Å². The van der Waals surface area contributed by atoms with Gasteiger partial charge in [0.1, 0.15) is 0 Å². The first-order chi connectivity index (χ1) is 9.16. The fourth-order valence-electron chi connectivity index (χ4n) is 0.791. The standard InChI is InChI=1S/C13H18O7/c1-5-18-9(14)6-7-10(15)19-8-11(16)20-12(17)13(2,3)4/h6-7H,5,8H2,1-4H3. The summed E-state index contributed by atoms with van der Waals surface area (Å²) in [5, 5.41) is 0. The molecular weight excluding hydrogens is 268 g/mol. The van der Waals surface area contributed by atoms with Crippen molar-refractivity contribution in [2.24, 2.45) is 5.41 Å². The summed E-state index contributed by atoms with van der Waals surface area (Å²) in [5.74, 6) is -3.32. The third-order valence-electron chi connectivity index (χ3n) is 1.79. The van der Waals surface area contributed by atoms with Crippen molar-refractivity contribution in [1.82, 2.24) is 0 Å². The van der Waals surface area contributed by atoms with Crippen LogP contribution in [0.4, 0.5) is 0 Å². The SMILES string of the molecule is CCOC(=O)C=CC(=O)OCC(=O)OC(=O)C(C)(C)C. The molecule has 0 heterocycles. The molecule has 0 saturated heterocycles. The van der Waals surface area contributed by atoms with Gasteiger partial charge in [-0.1, -0.05) is 0 Å². The van der Waals surface area contributed by atoms with Gasteiger partial charge in [-0.05, 0) is 27.7 Å². The third kappa shape index (κ3) is 8.02. The Morgan fingerprint density at radius 2 is 1.45 bits per heavy atom. The van der Waals surface area contributed by atoms with Crippen LogP contribution in [0.3, 0.4) is 0 Å². The summed E-state index contributed by atoms with van der Waals surface area (Å²) in [6.45, 7) is 5.82. The summed E-state index contributed by atoms with van der Waals surface area (Å²) in [5.41, 5.74) is -0.830. The molecule has 0 aliphatic carbocycles. The second-order valence-electron chi connectivity index (χ2n) is 4.70. The maximum atomic E-state index is 11.3. The van der Waals surface area contributed by atoms with Gasteiger partial charge in [0.25, 0.3) is 0 Å². The molecule has 0 rings (SSSR count). The number of carbonyl (C=O) groups excluding carboxylic acids is 4. The minimum atomic E-state index is -0.984. The van der Waals surface area contributed by atoms with Crippen LogP contribution in [-0.2, 0) is 33.4 Å². The second-order valence-corrected chi connectivity index (χ2v) is 4.70. The number of esters is 4. The van der Waals surface area contributed by atoms with E-state index in [0.717, 1.165) is 12.2 Å². The van der Waals surface area contributed by atoms with Crippen molar-refractivity contribution in [3.63, 3.8) is 0 Å². The van der Waals surface area contributed by atoms with Crippen LogP contribution in [0.15, 0.2) is 12.2 Å². The van der Waals surface area contributed by atoms with E-state index in [2.05, 4.69) is 14.2 Å². The van der Waals surface area contributed by atoms with E-state index in [4.69, 9.17) is 0 Å². The Morgan fingerprint density at radius 3 is 1.90 bits per heavy atom. The fraction of sp³-hybridized carbons (Fsp3) is 0.538. The molecule has 7 heteroatoms. The Kier molecular flexibility index (Phi) is 7.20. The molecule has 0 amide bonds. The molecule has 20 heavy (non-hydrogen) atoms. The Hall–Kier alpha value is -2.18. The van der Waals surface area contributed by atoms with Crippen molar-refractivity contribution in [3.05, 3.63) is 12.2 Å². The van der Waals surface area contributed by atoms with Gasteiger partial charge < -0.3 is 14.2 Å². The van der Waals surface area contributed by atoms with Crippen molar-refractivity contribution in [1.29, 1.82) is 0 Å². The largest absolute Gasteiger partial charge is 0.463 e. The van der Waals surface area contributed by atoms with Crippen LogP contribution in [-0.4, -0.2) is 37.1 Å². The van der Waals surface area contributed by atoms with Gasteiger partial charge in [0.15, 0.2) is 6.61 Å². The third-order valence-corrected chi connectivity index (χ3v) is 1.79. The number of ether oxygens (including phenoxy) is 3. The monoisotopic (exact) mass is 286 g/mol. The van der Waals surface area contributed by atoms with E-state index in [1.807, 2.05) is 0 Å². The Morgan fingerprint density at radius 1 is 0.950 bits per heavy atom. The highest BCUT2D eigenvalue weighted by atomic mass is 16.6. The van der Waals surface area contributed by atoms with Crippen LogP contribution in [0.2, 0.25) is 0 Å². The molecule has 0 spiro atoms. The molecule has 0 bridgehead atoms. The lowest BCUT2D eigenvalue weighted by Crippen LogP contribution is -2.28. The predicted molar refractivity (Wildman–Crippen MR) is 67.3 cm³/mol. The quantitative estimate of drug-likeness (QED) is 0.318. The molecule has 0 aromatic carbocycles. The average Bonchev–Trinajstić information content (AvgIpc) is 2.33. The zero-order valence-corrected chi connectivity index (χ0v) is 11.9. The van der Waals surface area contributed by atoms with Gasteiger partial charge in [-0.3, -0.25) is 4.79 Å². The van der Waals surface area contributed by atoms with E-state index in [-0.39, 0.29) is 6.61 Å². The highest BCUT2D eigenvalue weighted by Crippen LogP contribution is 2.14. The molecule has 0 N–H and O–H groups in total. The van der Waals surface area contributed by atoms with Crippen LogP contribution in [0.5, 0.6) is 0 Å². The highest BCUT2D eigenvalue weighted by molar-refractivity contribution is 5.93. The van der Waals surface area contributed by atoms with E-state index in [9.17, 15) is 19.2 Å². The minimum absolute atomic E-state index is 0.180. The van der Waals surface area contributed by atoms with Gasteiger partial charge in [0.05, 0.1) is 12.0 Å². The van der Waals surface area contributed by atoms with E-state index >= 15 is 0 Å². The number of carbonyl (C=O) groups is 4. The molecule has 0 saturated carbocycles. The average molecular weight is 286 g/mol. The van der Waals surface area contributed by atoms with Crippen LogP contribution in [0.25, 0.3) is 0 Å². The van der Waals surface area contributed by atoms with E-state index in [1.165, 1.54) is 0 Å². The summed E-state index contributed by atoms with van der Waals surface area (Å²) in [4.78, 5) is 44.6. The molecule has 0 fully saturated rings. The van der Waals surface area contributed by atoms with Gasteiger partial charge in [0, 0.05) is 12.2 Å². The first-order valence-corrected chi connectivity index (χ1v) is 5.93. The number of rotatable bonds is 5. The maximum absolute atomic E-state index is 11.3. The van der Waals surface area contributed by atoms with Crippen molar-refractivity contribution in [3.8, 4) is 0 Å². The Balaban J connectivity index is 4.10. The number of hydrogen-bond donors (Lipinski definition) is 0. The van der Waals surface area contributed by atoms with Gasteiger partial charge in [-0.25, -0.2) is 14.4 Å². The lowest BCUT2D eigenvalue weighted by atomic mass is 9.97. The van der Waals surface area contributed by atoms with Crippen molar-refractivity contribution >= 4 is 23.9 Å². The van der Waals surface area contributed by atoms with E-state index in [1.54, 1.807) is 27.7 Å². The summed E-state index contributed by atoms with van der Waals surface area (Å²) >= 11 is 0. The molecule has 112 valence electrons. The van der Waals surface area contributed by atoms with Crippen LogP contribution in [0.1, 0.15) is 27.7 Å². The topological polar surface area (TPSA) is 96.0 Å². The molecule has 0 aliphatic heterocycles. The molecule has 0 radical (unpaired) electrons. The lowest BCUT2D eigenvalue weighted by Gasteiger charge is -2.14. The lowest BCUT2D eigenvalue weighted by molar-refractivity contribution is -0.170. The summed E-state index contributed by atoms with van der Waals surface area (Å²) < 4.78 is 13.5. The fourth-order valence-corrected chi connectivity index (χ4v) is 0.791. The maximum Gasteiger partial charge on any atom is 0.351 e. The van der Waals surface area contributed by atoms with Gasteiger partial charge in [-0.2, -0.15) is 0 Å². The van der Waals surface area contributed by atoms with Crippen LogP contribution in [0, 0.1) is 5.41 Å². The smallest absolute Gasteiger partial charge is 0.351 e. The highest BCUT2D eigenvalue weighted by Gasteiger charge is 2.26. The first kappa shape index (κ1) is 17.8. The predicted octanol–water partition coefficient (Wildman–Crippen LogP) is 0.765. The second kappa shape index (κ2) is 8.08. The summed E-state index contributed by atoms with van der Waals surface area (Å²) in [6.07, 6.45) is 1.69. The zero-order valence-electron chi connectivity index (χ0n) is 11.9. The molecule has 0 aromatic rings. The molecule has 0 unspecified atom stereocenters. The molecule has 0 aliphatic rings. The zero-order chi connectivity index (χ0) is 15.8. The Labute approximate surface area is 116 Å². The van der Waals surface area contributed by atoms with Gasteiger partial charge >= 0.3 is 23.9 Å². The number of hydrogen-bond acceptors (Lipinski definition) is 7. The van der Waals surface area contributed by atoms with Crippen LogP contribution >= 0.6 is 0 Å². The van der Waals surface area contributed by atoms with Crippen molar-refractivity contribution < 1.29 is 33.4 Å². The summed E-state index contributed by atoms with van der Waals surface area (Å²) in [6, 6.07) is 0. The van der Waals surface area contributed by atoms with E-state index in [0.29, 0.717) is 0 Å². The van der Waals surface area contributed by atoms with Crippen molar-refractivity contribution in [2.45, 2.75) is 27.7 Å². The van der Waals surface area contributed by atoms with Gasteiger partial charge in [0.2, 0.25) is 0 Å².